The molecule has 2 heterocycles. The molecule has 0 radical (unpaired) electrons. The van der Waals surface area contributed by atoms with Crippen LogP contribution in [0.5, 0.6) is 0 Å². The molecule has 0 bridgehead atoms. The fourth-order valence-corrected chi connectivity index (χ4v) is 6.12. The molecule has 1 aliphatic carbocycles. The van der Waals surface area contributed by atoms with Crippen LogP contribution >= 0.6 is 0 Å². The number of piperazine rings is 1. The highest BCUT2D eigenvalue weighted by Crippen LogP contribution is 2.20. The summed E-state index contributed by atoms with van der Waals surface area (Å²) in [5.41, 5.74) is 0.925. The van der Waals surface area contributed by atoms with Gasteiger partial charge in [0.05, 0.1) is 16.6 Å². The van der Waals surface area contributed by atoms with Crippen molar-refractivity contribution < 1.29 is 28.3 Å². The van der Waals surface area contributed by atoms with Crippen molar-refractivity contribution in [1.29, 1.82) is 0 Å². The minimum atomic E-state index is -0.636. The standard InChI is InChI=1S/C36H43FN6O6/c37-30-16-15-25(24-31-27-11-6-7-12-28(27)34(46)41-40-31)23-29(30)35(47)43-21-19-42(20-22-43)33(45)14-8-13-32(44)38-17-18-39-36(48)49-26-9-4-2-1-3-5-10-26/h1-2,6-7,11-12,15-16,23,26H,3-5,8-10,13-14,17-22,24H2,(H,38,44)(H,39,48)(H,41,46). The molecular formula is C36H43FN6O6. The van der Waals surface area contributed by atoms with Gasteiger partial charge in [0.1, 0.15) is 11.9 Å². The number of halogens is 1. The van der Waals surface area contributed by atoms with Gasteiger partial charge < -0.3 is 25.2 Å². The molecule has 1 saturated heterocycles. The first kappa shape index (κ1) is 35.2. The number of hydrogen-bond acceptors (Lipinski definition) is 7. The number of benzene rings is 2. The monoisotopic (exact) mass is 674 g/mol. The summed E-state index contributed by atoms with van der Waals surface area (Å²) < 4.78 is 20.3. The highest BCUT2D eigenvalue weighted by Gasteiger charge is 2.26. The number of alkyl carbamates (subject to hydrolysis) is 1. The summed E-state index contributed by atoms with van der Waals surface area (Å²) in [6, 6.07) is 11.5. The predicted molar refractivity (Wildman–Crippen MR) is 181 cm³/mol. The van der Waals surface area contributed by atoms with Gasteiger partial charge in [-0.05, 0) is 62.3 Å². The van der Waals surface area contributed by atoms with Crippen LogP contribution < -0.4 is 16.2 Å². The number of H-pyrrole nitrogens is 1. The van der Waals surface area contributed by atoms with E-state index in [0.717, 1.165) is 32.1 Å². The molecule has 12 nitrogen and oxygen atoms in total. The largest absolute Gasteiger partial charge is 0.446 e. The molecule has 260 valence electrons. The lowest BCUT2D eigenvalue weighted by Crippen LogP contribution is -2.50. The topological polar surface area (TPSA) is 154 Å². The van der Waals surface area contributed by atoms with E-state index in [0.29, 0.717) is 48.0 Å². The van der Waals surface area contributed by atoms with Crippen molar-refractivity contribution in [3.8, 4) is 0 Å². The molecule has 1 unspecified atom stereocenters. The second kappa shape index (κ2) is 17.4. The number of amides is 4. The van der Waals surface area contributed by atoms with Crippen molar-refractivity contribution in [3.63, 3.8) is 0 Å². The van der Waals surface area contributed by atoms with E-state index in [1.807, 2.05) is 6.07 Å². The third-order valence-corrected chi connectivity index (χ3v) is 8.83. The van der Waals surface area contributed by atoms with Gasteiger partial charge in [-0.15, -0.1) is 0 Å². The molecule has 1 aliphatic heterocycles. The summed E-state index contributed by atoms with van der Waals surface area (Å²) in [5, 5.41) is 13.3. The van der Waals surface area contributed by atoms with Gasteiger partial charge in [0.15, 0.2) is 0 Å². The van der Waals surface area contributed by atoms with Crippen LogP contribution in [0, 0.1) is 5.82 Å². The van der Waals surface area contributed by atoms with Crippen LogP contribution in [0.15, 0.2) is 59.4 Å². The van der Waals surface area contributed by atoms with Gasteiger partial charge in [0.2, 0.25) is 11.8 Å². The maximum absolute atomic E-state index is 14.8. The predicted octanol–water partition coefficient (Wildman–Crippen LogP) is 3.84. The van der Waals surface area contributed by atoms with Crippen LogP contribution in [0.25, 0.3) is 10.8 Å². The van der Waals surface area contributed by atoms with E-state index in [1.165, 1.54) is 17.0 Å². The van der Waals surface area contributed by atoms with Gasteiger partial charge in [-0.2, -0.15) is 5.10 Å². The molecule has 0 spiro atoms. The smallest absolute Gasteiger partial charge is 0.407 e. The number of carbonyl (C=O) groups is 4. The fraction of sp³-hybridized carbons (Fsp3) is 0.444. The third-order valence-electron chi connectivity index (χ3n) is 8.83. The molecule has 5 rings (SSSR count). The number of allylic oxidation sites excluding steroid dienone is 2. The summed E-state index contributed by atoms with van der Waals surface area (Å²) in [7, 11) is 0. The average molecular weight is 675 g/mol. The summed E-state index contributed by atoms with van der Waals surface area (Å²) in [6.07, 6.45) is 9.23. The molecule has 0 saturated carbocycles. The van der Waals surface area contributed by atoms with Gasteiger partial charge in [0.25, 0.3) is 11.5 Å². The van der Waals surface area contributed by atoms with Crippen LogP contribution in [0.1, 0.15) is 73.0 Å². The average Bonchev–Trinajstić information content (AvgIpc) is 3.09. The number of aromatic amines is 1. The summed E-state index contributed by atoms with van der Waals surface area (Å²) in [4.78, 5) is 65.7. The minimum absolute atomic E-state index is 0.0585. The highest BCUT2D eigenvalue weighted by molar-refractivity contribution is 5.95. The Labute approximate surface area is 284 Å². The lowest BCUT2D eigenvalue weighted by molar-refractivity contribution is -0.132. The Morgan fingerprint density at radius 2 is 1.63 bits per heavy atom. The van der Waals surface area contributed by atoms with Crippen molar-refractivity contribution in [2.45, 2.75) is 63.9 Å². The zero-order valence-electron chi connectivity index (χ0n) is 27.5. The van der Waals surface area contributed by atoms with Crippen LogP contribution in [0.4, 0.5) is 9.18 Å². The maximum Gasteiger partial charge on any atom is 0.407 e. The fourth-order valence-electron chi connectivity index (χ4n) is 6.12. The van der Waals surface area contributed by atoms with E-state index in [4.69, 9.17) is 4.74 Å². The number of nitrogens with one attached hydrogen (secondary N) is 3. The lowest BCUT2D eigenvalue weighted by Gasteiger charge is -2.35. The Hall–Kier alpha value is -5.07. The quantitative estimate of drug-likeness (QED) is 0.206. The second-order valence-electron chi connectivity index (χ2n) is 12.3. The normalized spacial score (nSPS) is 16.5. The van der Waals surface area contributed by atoms with Crippen LogP contribution in [0.3, 0.4) is 0 Å². The first-order valence-corrected chi connectivity index (χ1v) is 17.0. The van der Waals surface area contributed by atoms with Crippen molar-refractivity contribution in [1.82, 2.24) is 30.6 Å². The van der Waals surface area contributed by atoms with Crippen LogP contribution in [-0.4, -0.2) is 89.2 Å². The minimum Gasteiger partial charge on any atom is -0.446 e. The first-order chi connectivity index (χ1) is 23.8. The van der Waals surface area contributed by atoms with Gasteiger partial charge in [-0.1, -0.05) is 36.4 Å². The Kier molecular flexibility index (Phi) is 12.5. The van der Waals surface area contributed by atoms with Gasteiger partial charge >= 0.3 is 6.09 Å². The Balaban J connectivity index is 1.00. The molecule has 2 aliphatic rings. The summed E-state index contributed by atoms with van der Waals surface area (Å²) in [5.74, 6) is -1.41. The number of nitrogens with zero attached hydrogens (tertiary/aromatic N) is 3. The number of carbonyl (C=O) groups excluding carboxylic acids is 4. The number of ether oxygens (including phenoxy) is 1. The maximum atomic E-state index is 14.8. The second-order valence-corrected chi connectivity index (χ2v) is 12.3. The van der Waals surface area contributed by atoms with E-state index < -0.39 is 17.8 Å². The Morgan fingerprint density at radius 3 is 2.45 bits per heavy atom. The van der Waals surface area contributed by atoms with Crippen LogP contribution in [0.2, 0.25) is 0 Å². The van der Waals surface area contributed by atoms with Gasteiger partial charge in [-0.3, -0.25) is 19.2 Å². The highest BCUT2D eigenvalue weighted by atomic mass is 19.1. The molecule has 13 heteroatoms. The SMILES string of the molecule is O=C(CCCC(=O)N1CCN(C(=O)c2cc(Cc3n[nH]c(=O)c4ccccc34)ccc2F)CC1)NCCNC(=O)OC1CCC=CCCC1. The molecule has 4 amide bonds. The summed E-state index contributed by atoms with van der Waals surface area (Å²) in [6.45, 7) is 1.64. The Bertz CT molecular complexity index is 1730. The molecule has 2 aromatic carbocycles. The number of hydrogen-bond donors (Lipinski definition) is 3. The first-order valence-electron chi connectivity index (χ1n) is 17.0. The molecule has 49 heavy (non-hydrogen) atoms. The summed E-state index contributed by atoms with van der Waals surface area (Å²) >= 11 is 0. The zero-order chi connectivity index (χ0) is 34.6. The van der Waals surface area contributed by atoms with Crippen molar-refractivity contribution in [2.75, 3.05) is 39.3 Å². The molecule has 1 aromatic heterocycles. The number of rotatable bonds is 11. The van der Waals surface area contributed by atoms with Crippen molar-refractivity contribution in [3.05, 3.63) is 87.6 Å². The Morgan fingerprint density at radius 1 is 0.898 bits per heavy atom. The molecule has 3 aromatic rings. The van der Waals surface area contributed by atoms with Gasteiger partial charge in [0, 0.05) is 63.9 Å². The van der Waals surface area contributed by atoms with E-state index in [1.54, 1.807) is 29.2 Å². The molecular weight excluding hydrogens is 631 g/mol. The van der Waals surface area contributed by atoms with E-state index in [2.05, 4.69) is 33.0 Å². The van der Waals surface area contributed by atoms with E-state index >= 15 is 0 Å². The number of aromatic nitrogens is 2. The lowest BCUT2D eigenvalue weighted by atomic mass is 10.0. The molecule has 1 atom stereocenters. The molecule has 1 fully saturated rings. The van der Waals surface area contributed by atoms with Crippen LogP contribution in [-0.2, 0) is 20.7 Å². The van der Waals surface area contributed by atoms with E-state index in [-0.39, 0.29) is 68.1 Å². The molecule has 3 N–H and O–H groups in total. The number of fused-ring (bicyclic) bond motifs is 1. The third kappa shape index (κ3) is 9.97. The van der Waals surface area contributed by atoms with Crippen molar-refractivity contribution >= 4 is 34.6 Å². The van der Waals surface area contributed by atoms with Gasteiger partial charge in [-0.25, -0.2) is 14.3 Å². The van der Waals surface area contributed by atoms with Crippen molar-refractivity contribution in [2.24, 2.45) is 0 Å². The van der Waals surface area contributed by atoms with E-state index in [9.17, 15) is 28.4 Å². The zero-order valence-corrected chi connectivity index (χ0v) is 27.5.